The van der Waals surface area contributed by atoms with Crippen LogP contribution in [0.2, 0.25) is 0 Å². The second-order valence-electron chi connectivity index (χ2n) is 5.49. The second-order valence-corrected chi connectivity index (χ2v) is 5.49. The molecule has 1 heterocycles. The number of hydrogen-bond acceptors (Lipinski definition) is 2. The van der Waals surface area contributed by atoms with E-state index in [1.165, 1.54) is 19.1 Å². The molecule has 114 valence electrons. The van der Waals surface area contributed by atoms with Crippen LogP contribution in [-0.4, -0.2) is 36.3 Å². The summed E-state index contributed by atoms with van der Waals surface area (Å²) >= 11 is 0. The van der Waals surface area contributed by atoms with Crippen molar-refractivity contribution in [1.29, 1.82) is 0 Å². The lowest BCUT2D eigenvalue weighted by atomic mass is 9.94. The molecule has 0 bridgehead atoms. The van der Waals surface area contributed by atoms with Crippen LogP contribution >= 0.6 is 0 Å². The third kappa shape index (κ3) is 4.55. The molecule has 2 rings (SSSR count). The minimum Gasteiger partial charge on any atom is -0.347 e. The fourth-order valence-corrected chi connectivity index (χ4v) is 2.69. The summed E-state index contributed by atoms with van der Waals surface area (Å²) in [4.78, 5) is 24.8. The summed E-state index contributed by atoms with van der Waals surface area (Å²) in [6, 6.07) is 6.51. The SMILES string of the molecule is CC(=O)NCC(=O)N1CCCCC(c2ccc(F)cc2)C1. The van der Waals surface area contributed by atoms with Crippen LogP contribution in [0.15, 0.2) is 24.3 Å². The molecular weight excluding hydrogens is 271 g/mol. The van der Waals surface area contributed by atoms with E-state index in [0.29, 0.717) is 6.54 Å². The van der Waals surface area contributed by atoms with Gasteiger partial charge in [0.2, 0.25) is 11.8 Å². The lowest BCUT2D eigenvalue weighted by molar-refractivity contribution is -0.132. The van der Waals surface area contributed by atoms with E-state index >= 15 is 0 Å². The predicted molar refractivity (Wildman–Crippen MR) is 78.3 cm³/mol. The van der Waals surface area contributed by atoms with Crippen molar-refractivity contribution in [3.63, 3.8) is 0 Å². The van der Waals surface area contributed by atoms with E-state index in [1.807, 2.05) is 0 Å². The number of nitrogens with zero attached hydrogens (tertiary/aromatic N) is 1. The molecule has 0 saturated carbocycles. The minimum absolute atomic E-state index is 0.0471. The van der Waals surface area contributed by atoms with Gasteiger partial charge >= 0.3 is 0 Å². The van der Waals surface area contributed by atoms with Crippen LogP contribution in [0.25, 0.3) is 0 Å². The van der Waals surface area contributed by atoms with E-state index in [0.717, 1.165) is 31.4 Å². The molecule has 1 atom stereocenters. The van der Waals surface area contributed by atoms with E-state index in [4.69, 9.17) is 0 Å². The van der Waals surface area contributed by atoms with E-state index < -0.39 is 0 Å². The Morgan fingerprint density at radius 2 is 2.00 bits per heavy atom. The van der Waals surface area contributed by atoms with E-state index in [9.17, 15) is 14.0 Å². The topological polar surface area (TPSA) is 49.4 Å². The Labute approximate surface area is 124 Å². The van der Waals surface area contributed by atoms with Crippen LogP contribution in [0.4, 0.5) is 4.39 Å². The molecule has 1 fully saturated rings. The predicted octanol–water partition coefficient (Wildman–Crippen LogP) is 2.06. The molecule has 2 amide bonds. The van der Waals surface area contributed by atoms with Crippen molar-refractivity contribution >= 4 is 11.8 Å². The zero-order chi connectivity index (χ0) is 15.2. The average Bonchev–Trinajstić information content (AvgIpc) is 2.71. The van der Waals surface area contributed by atoms with Gasteiger partial charge in [0.05, 0.1) is 6.54 Å². The highest BCUT2D eigenvalue weighted by Crippen LogP contribution is 2.26. The Morgan fingerprint density at radius 3 is 2.67 bits per heavy atom. The summed E-state index contributed by atoms with van der Waals surface area (Å²) < 4.78 is 13.0. The maximum Gasteiger partial charge on any atom is 0.241 e. The first kappa shape index (κ1) is 15.5. The molecule has 0 radical (unpaired) electrons. The van der Waals surface area contributed by atoms with Crippen molar-refractivity contribution < 1.29 is 14.0 Å². The lowest BCUT2D eigenvalue weighted by Crippen LogP contribution is -2.41. The average molecular weight is 292 g/mol. The normalized spacial score (nSPS) is 19.0. The number of amides is 2. The van der Waals surface area contributed by atoms with Crippen LogP contribution in [0.5, 0.6) is 0 Å². The zero-order valence-electron chi connectivity index (χ0n) is 12.3. The quantitative estimate of drug-likeness (QED) is 0.927. The standard InChI is InChI=1S/C16H21FN2O2/c1-12(20)18-10-16(21)19-9-3-2-4-14(11-19)13-5-7-15(17)8-6-13/h5-8,14H,2-4,9-11H2,1H3,(H,18,20). The highest BCUT2D eigenvalue weighted by molar-refractivity contribution is 5.83. The van der Waals surface area contributed by atoms with E-state index in [1.54, 1.807) is 17.0 Å². The van der Waals surface area contributed by atoms with Gasteiger partial charge in [-0.05, 0) is 30.5 Å². The first-order chi connectivity index (χ1) is 10.1. The Bertz CT molecular complexity index is 502. The number of hydrogen-bond donors (Lipinski definition) is 1. The number of benzene rings is 1. The molecule has 1 aliphatic heterocycles. The van der Waals surface area contributed by atoms with E-state index in [2.05, 4.69) is 5.32 Å². The van der Waals surface area contributed by atoms with Gasteiger partial charge in [-0.3, -0.25) is 9.59 Å². The summed E-state index contributed by atoms with van der Waals surface area (Å²) in [5.41, 5.74) is 1.07. The van der Waals surface area contributed by atoms with Crippen LogP contribution in [-0.2, 0) is 9.59 Å². The van der Waals surface area contributed by atoms with Crippen LogP contribution in [0.3, 0.4) is 0 Å². The first-order valence-corrected chi connectivity index (χ1v) is 7.34. The first-order valence-electron chi connectivity index (χ1n) is 7.34. The number of rotatable bonds is 3. The molecular formula is C16H21FN2O2. The van der Waals surface area contributed by atoms with Gasteiger partial charge in [-0.15, -0.1) is 0 Å². The smallest absolute Gasteiger partial charge is 0.241 e. The number of carbonyl (C=O) groups excluding carboxylic acids is 2. The van der Waals surface area contributed by atoms with Gasteiger partial charge in [0.25, 0.3) is 0 Å². The van der Waals surface area contributed by atoms with Gasteiger partial charge in [-0.25, -0.2) is 4.39 Å². The van der Waals surface area contributed by atoms with Gasteiger partial charge in [-0.2, -0.15) is 0 Å². The Morgan fingerprint density at radius 1 is 1.29 bits per heavy atom. The van der Waals surface area contributed by atoms with Crippen molar-refractivity contribution in [2.45, 2.75) is 32.1 Å². The second kappa shape index (κ2) is 7.20. The summed E-state index contributed by atoms with van der Waals surface area (Å²) in [6.45, 7) is 2.79. The zero-order valence-corrected chi connectivity index (χ0v) is 12.3. The summed E-state index contributed by atoms with van der Waals surface area (Å²) in [6.07, 6.45) is 3.00. The molecule has 1 aromatic rings. The van der Waals surface area contributed by atoms with Crippen molar-refractivity contribution in [3.05, 3.63) is 35.6 Å². The van der Waals surface area contributed by atoms with Gasteiger partial charge < -0.3 is 10.2 Å². The minimum atomic E-state index is -0.244. The molecule has 1 aliphatic rings. The number of carbonyl (C=O) groups is 2. The summed E-state index contributed by atoms with van der Waals surface area (Å²) in [7, 11) is 0. The van der Waals surface area contributed by atoms with Gasteiger partial charge in [0.1, 0.15) is 5.82 Å². The third-order valence-corrected chi connectivity index (χ3v) is 3.85. The van der Waals surface area contributed by atoms with Gasteiger partial charge in [0, 0.05) is 25.9 Å². The molecule has 0 aliphatic carbocycles. The maximum absolute atomic E-state index is 13.0. The number of nitrogens with one attached hydrogen (secondary N) is 1. The maximum atomic E-state index is 13.0. The van der Waals surface area contributed by atoms with Crippen LogP contribution < -0.4 is 5.32 Å². The Balaban J connectivity index is 2.02. The Kier molecular flexibility index (Phi) is 5.31. The third-order valence-electron chi connectivity index (χ3n) is 3.85. The highest BCUT2D eigenvalue weighted by atomic mass is 19.1. The van der Waals surface area contributed by atoms with Crippen molar-refractivity contribution in [2.75, 3.05) is 19.6 Å². The molecule has 21 heavy (non-hydrogen) atoms. The van der Waals surface area contributed by atoms with Gasteiger partial charge in [0.15, 0.2) is 0 Å². The number of halogens is 1. The van der Waals surface area contributed by atoms with Gasteiger partial charge in [-0.1, -0.05) is 18.6 Å². The fraction of sp³-hybridized carbons (Fsp3) is 0.500. The molecule has 1 saturated heterocycles. The van der Waals surface area contributed by atoms with Crippen LogP contribution in [0, 0.1) is 5.82 Å². The lowest BCUT2D eigenvalue weighted by Gasteiger charge is -2.25. The van der Waals surface area contributed by atoms with E-state index in [-0.39, 0.29) is 30.1 Å². The number of likely N-dealkylation sites (tertiary alicyclic amines) is 1. The molecule has 4 nitrogen and oxygen atoms in total. The van der Waals surface area contributed by atoms with Crippen LogP contribution in [0.1, 0.15) is 37.7 Å². The molecule has 5 heteroatoms. The molecule has 1 unspecified atom stereocenters. The summed E-state index contributed by atoms with van der Waals surface area (Å²) in [5.74, 6) is -0.271. The largest absolute Gasteiger partial charge is 0.347 e. The molecule has 1 N–H and O–H groups in total. The Hall–Kier alpha value is -1.91. The highest BCUT2D eigenvalue weighted by Gasteiger charge is 2.23. The molecule has 1 aromatic carbocycles. The van der Waals surface area contributed by atoms with Crippen molar-refractivity contribution in [1.82, 2.24) is 10.2 Å². The fourth-order valence-electron chi connectivity index (χ4n) is 2.69. The van der Waals surface area contributed by atoms with Crippen molar-refractivity contribution in [3.8, 4) is 0 Å². The summed E-state index contributed by atoms with van der Waals surface area (Å²) in [5, 5.41) is 2.55. The van der Waals surface area contributed by atoms with Crippen molar-refractivity contribution in [2.24, 2.45) is 0 Å². The molecule has 0 spiro atoms. The molecule has 0 aromatic heterocycles. The monoisotopic (exact) mass is 292 g/mol.